The van der Waals surface area contributed by atoms with Crippen molar-refractivity contribution in [3.8, 4) is 0 Å². The van der Waals surface area contributed by atoms with Crippen LogP contribution in [0.4, 0.5) is 0 Å². The average Bonchev–Trinajstić information content (AvgIpc) is 2.64. The van der Waals surface area contributed by atoms with E-state index < -0.39 is 6.04 Å². The molecule has 110 valence electrons. The summed E-state index contributed by atoms with van der Waals surface area (Å²) in [6.45, 7) is 4.56. The first-order chi connectivity index (χ1) is 8.43. The number of halogens is 1. The minimum Gasteiger partial charge on any atom is -0.355 e. The van der Waals surface area contributed by atoms with Gasteiger partial charge in [0.05, 0.1) is 6.04 Å². The highest BCUT2D eigenvalue weighted by Gasteiger charge is 2.28. The molecule has 1 aliphatic heterocycles. The maximum atomic E-state index is 11.5. The van der Waals surface area contributed by atoms with Crippen LogP contribution in [0.2, 0.25) is 0 Å². The van der Waals surface area contributed by atoms with Crippen LogP contribution in [0.1, 0.15) is 33.1 Å². The Morgan fingerprint density at radius 1 is 1.32 bits per heavy atom. The van der Waals surface area contributed by atoms with Crippen LogP contribution in [-0.4, -0.2) is 41.8 Å². The lowest BCUT2D eigenvalue weighted by molar-refractivity contribution is -0.138. The van der Waals surface area contributed by atoms with Crippen LogP contribution >= 0.6 is 12.4 Å². The van der Waals surface area contributed by atoms with Crippen molar-refractivity contribution in [2.75, 3.05) is 13.1 Å². The molecule has 1 aliphatic rings. The van der Waals surface area contributed by atoms with Gasteiger partial charge in [0, 0.05) is 25.9 Å². The highest BCUT2D eigenvalue weighted by atomic mass is 35.5. The van der Waals surface area contributed by atoms with Crippen LogP contribution in [0.25, 0.3) is 0 Å². The number of nitrogens with one attached hydrogen (secondary N) is 1. The predicted octanol–water partition coefficient (Wildman–Crippen LogP) is 0.0468. The molecule has 0 aromatic heterocycles. The molecule has 6 nitrogen and oxygen atoms in total. The van der Waals surface area contributed by atoms with Gasteiger partial charge >= 0.3 is 0 Å². The lowest BCUT2D eigenvalue weighted by atomic mass is 10.1. The largest absolute Gasteiger partial charge is 0.355 e. The van der Waals surface area contributed by atoms with Gasteiger partial charge in [-0.1, -0.05) is 13.8 Å². The highest BCUT2D eigenvalue weighted by Crippen LogP contribution is 2.11. The number of amides is 3. The fourth-order valence-electron chi connectivity index (χ4n) is 1.74. The van der Waals surface area contributed by atoms with Crippen LogP contribution in [0.3, 0.4) is 0 Å². The fraction of sp³-hybridized carbons (Fsp3) is 0.750. The molecule has 7 heteroatoms. The molecule has 0 aromatic carbocycles. The zero-order chi connectivity index (χ0) is 13.7. The molecule has 1 saturated heterocycles. The van der Waals surface area contributed by atoms with Crippen molar-refractivity contribution in [3.63, 3.8) is 0 Å². The van der Waals surface area contributed by atoms with Crippen LogP contribution in [0.5, 0.6) is 0 Å². The first-order valence-electron chi connectivity index (χ1n) is 6.30. The maximum absolute atomic E-state index is 11.5. The third-order valence-corrected chi connectivity index (χ3v) is 3.03. The molecule has 1 atom stereocenters. The number of rotatable bonds is 6. The molecule has 0 aliphatic carbocycles. The summed E-state index contributed by atoms with van der Waals surface area (Å²) in [5.74, 6) is -0.341. The SMILES string of the molecule is CC(C)[C@H](N)C(=O)NCCCN1C(=O)CCC1=O.Cl. The molecular weight excluding hydrogens is 270 g/mol. The van der Waals surface area contributed by atoms with Gasteiger partial charge in [-0.2, -0.15) is 0 Å². The van der Waals surface area contributed by atoms with Gasteiger partial charge in [0.1, 0.15) is 0 Å². The molecule has 3 N–H and O–H groups in total. The van der Waals surface area contributed by atoms with Crippen molar-refractivity contribution < 1.29 is 14.4 Å². The molecule has 19 heavy (non-hydrogen) atoms. The standard InChI is InChI=1S/C12H21N3O3.ClH/c1-8(2)11(13)12(18)14-6-3-7-15-9(16)4-5-10(15)17;/h8,11H,3-7,13H2,1-2H3,(H,14,18);1H/t11-;/m0./s1. The molecule has 0 aromatic rings. The van der Waals surface area contributed by atoms with E-state index in [9.17, 15) is 14.4 Å². The third kappa shape index (κ3) is 5.16. The molecule has 0 unspecified atom stereocenters. The quantitative estimate of drug-likeness (QED) is 0.534. The van der Waals surface area contributed by atoms with Crippen molar-refractivity contribution >= 4 is 30.1 Å². The number of imide groups is 1. The molecule has 1 fully saturated rings. The summed E-state index contributed by atoms with van der Waals surface area (Å²) in [6, 6.07) is -0.514. The van der Waals surface area contributed by atoms with Crippen molar-refractivity contribution in [1.29, 1.82) is 0 Å². The summed E-state index contributed by atoms with van der Waals surface area (Å²) in [5.41, 5.74) is 5.68. The number of likely N-dealkylation sites (tertiary alicyclic amines) is 1. The van der Waals surface area contributed by atoms with Crippen LogP contribution in [-0.2, 0) is 14.4 Å². The molecule has 0 radical (unpaired) electrons. The molecule has 1 heterocycles. The van der Waals surface area contributed by atoms with Gasteiger partial charge in [0.2, 0.25) is 17.7 Å². The van der Waals surface area contributed by atoms with Crippen molar-refractivity contribution in [2.24, 2.45) is 11.7 Å². The summed E-state index contributed by atoms with van der Waals surface area (Å²) in [6.07, 6.45) is 1.18. The van der Waals surface area contributed by atoms with E-state index in [1.165, 1.54) is 4.90 Å². The number of carbonyl (C=O) groups excluding carboxylic acids is 3. The molecule has 0 saturated carbocycles. The maximum Gasteiger partial charge on any atom is 0.237 e. The molecular formula is C12H22ClN3O3. The first kappa shape index (κ1) is 17.9. The normalized spacial score (nSPS) is 16.5. The summed E-state index contributed by atoms with van der Waals surface area (Å²) in [7, 11) is 0. The molecule has 3 amide bonds. The second-order valence-electron chi connectivity index (χ2n) is 4.85. The molecule has 1 rings (SSSR count). The number of hydrogen-bond acceptors (Lipinski definition) is 4. The summed E-state index contributed by atoms with van der Waals surface area (Å²) >= 11 is 0. The van der Waals surface area contributed by atoms with Crippen molar-refractivity contribution in [3.05, 3.63) is 0 Å². The highest BCUT2D eigenvalue weighted by molar-refractivity contribution is 6.01. The van der Waals surface area contributed by atoms with Gasteiger partial charge in [0.15, 0.2) is 0 Å². The zero-order valence-electron chi connectivity index (χ0n) is 11.3. The van der Waals surface area contributed by atoms with Crippen LogP contribution in [0, 0.1) is 5.92 Å². The monoisotopic (exact) mass is 291 g/mol. The Labute approximate surface area is 119 Å². The van der Waals surface area contributed by atoms with Gasteiger partial charge in [-0.05, 0) is 12.3 Å². The second kappa shape index (κ2) is 8.12. The summed E-state index contributed by atoms with van der Waals surface area (Å²) < 4.78 is 0. The van der Waals surface area contributed by atoms with E-state index in [1.54, 1.807) is 0 Å². The zero-order valence-corrected chi connectivity index (χ0v) is 12.2. The average molecular weight is 292 g/mol. The van der Waals surface area contributed by atoms with E-state index in [1.807, 2.05) is 13.8 Å². The number of carbonyl (C=O) groups is 3. The number of nitrogens with zero attached hydrogens (tertiary/aromatic N) is 1. The van der Waals surface area contributed by atoms with E-state index in [2.05, 4.69) is 5.32 Å². The third-order valence-electron chi connectivity index (χ3n) is 3.03. The van der Waals surface area contributed by atoms with E-state index in [4.69, 9.17) is 5.73 Å². The molecule has 0 spiro atoms. The van der Waals surface area contributed by atoms with Crippen LogP contribution in [0.15, 0.2) is 0 Å². The first-order valence-corrected chi connectivity index (χ1v) is 6.30. The van der Waals surface area contributed by atoms with Gasteiger partial charge < -0.3 is 11.1 Å². The summed E-state index contributed by atoms with van der Waals surface area (Å²) in [4.78, 5) is 35.4. The van der Waals surface area contributed by atoms with Gasteiger partial charge in [0.25, 0.3) is 0 Å². The Morgan fingerprint density at radius 3 is 2.32 bits per heavy atom. The Bertz CT molecular complexity index is 331. The Morgan fingerprint density at radius 2 is 1.84 bits per heavy atom. The minimum atomic E-state index is -0.514. The van der Waals surface area contributed by atoms with Crippen molar-refractivity contribution in [2.45, 2.75) is 39.2 Å². The topological polar surface area (TPSA) is 92.5 Å². The van der Waals surface area contributed by atoms with Gasteiger partial charge in [-0.15, -0.1) is 12.4 Å². The Kier molecular flexibility index (Phi) is 7.63. The summed E-state index contributed by atoms with van der Waals surface area (Å²) in [5, 5.41) is 2.70. The van der Waals surface area contributed by atoms with Gasteiger partial charge in [-0.3, -0.25) is 19.3 Å². The van der Waals surface area contributed by atoms with Crippen LogP contribution < -0.4 is 11.1 Å². The number of nitrogens with two attached hydrogens (primary N) is 1. The van der Waals surface area contributed by atoms with E-state index in [0.29, 0.717) is 32.4 Å². The fourth-order valence-corrected chi connectivity index (χ4v) is 1.74. The predicted molar refractivity (Wildman–Crippen MR) is 73.6 cm³/mol. The number of hydrogen-bond donors (Lipinski definition) is 2. The second-order valence-corrected chi connectivity index (χ2v) is 4.85. The Hall–Kier alpha value is -1.14. The smallest absolute Gasteiger partial charge is 0.237 e. The van der Waals surface area contributed by atoms with Gasteiger partial charge in [-0.25, -0.2) is 0 Å². The van der Waals surface area contributed by atoms with Crippen molar-refractivity contribution in [1.82, 2.24) is 10.2 Å². The Balaban J connectivity index is 0.00000324. The lowest BCUT2D eigenvalue weighted by Gasteiger charge is -2.16. The minimum absolute atomic E-state index is 0. The van der Waals surface area contributed by atoms with E-state index in [-0.39, 0.29) is 36.0 Å². The van der Waals surface area contributed by atoms with E-state index in [0.717, 1.165) is 0 Å². The molecule has 0 bridgehead atoms. The van der Waals surface area contributed by atoms with E-state index >= 15 is 0 Å². The lowest BCUT2D eigenvalue weighted by Crippen LogP contribution is -2.44.